The quantitative estimate of drug-likeness (QED) is 0.390. The van der Waals surface area contributed by atoms with E-state index in [0.717, 1.165) is 16.9 Å². The molecule has 1 saturated heterocycles. The van der Waals surface area contributed by atoms with E-state index >= 15 is 0 Å². The summed E-state index contributed by atoms with van der Waals surface area (Å²) < 4.78 is 12.4. The van der Waals surface area contributed by atoms with Crippen molar-refractivity contribution in [1.29, 1.82) is 0 Å². The lowest BCUT2D eigenvalue weighted by Gasteiger charge is -2.38. The van der Waals surface area contributed by atoms with Gasteiger partial charge in [-0.15, -0.1) is 5.10 Å². The fourth-order valence-corrected chi connectivity index (χ4v) is 4.60. The van der Waals surface area contributed by atoms with Gasteiger partial charge in [0.25, 0.3) is 5.91 Å². The van der Waals surface area contributed by atoms with Crippen LogP contribution in [-0.4, -0.2) is 69.2 Å². The smallest absolute Gasteiger partial charge is 0.289 e. The van der Waals surface area contributed by atoms with Gasteiger partial charge in [0, 0.05) is 31.2 Å². The van der Waals surface area contributed by atoms with Crippen molar-refractivity contribution in [1.82, 2.24) is 30.0 Å². The number of methoxy groups -OCH3 is 1. The van der Waals surface area contributed by atoms with Gasteiger partial charge in [0.2, 0.25) is 0 Å². The van der Waals surface area contributed by atoms with Crippen LogP contribution in [0.4, 0.5) is 0 Å². The molecule has 0 N–H and O–H groups in total. The molecule has 2 aromatic heterocycles. The molecule has 35 heavy (non-hydrogen) atoms. The molecule has 1 aliphatic rings. The molecule has 0 radical (unpaired) electrons. The zero-order valence-electron chi connectivity index (χ0n) is 19.2. The summed E-state index contributed by atoms with van der Waals surface area (Å²) in [6, 6.07) is 18.7. The molecule has 1 aliphatic heterocycles. The molecule has 0 spiro atoms. The van der Waals surface area contributed by atoms with Gasteiger partial charge in [0.1, 0.15) is 5.75 Å². The number of hydrogen-bond acceptors (Lipinski definition) is 7. The molecule has 5 rings (SSSR count). The lowest BCUT2D eigenvalue weighted by atomic mass is 10.0. The maximum absolute atomic E-state index is 12.7. The Hall–Kier alpha value is -3.69. The number of hydrogen-bond donors (Lipinski definition) is 0. The number of carbonyl (C=O) groups excluding carboxylic acids is 1. The summed E-state index contributed by atoms with van der Waals surface area (Å²) in [6.07, 6.45) is 1.51. The molecule has 1 atom stereocenters. The van der Waals surface area contributed by atoms with E-state index in [1.165, 1.54) is 6.26 Å². The van der Waals surface area contributed by atoms with Gasteiger partial charge in [0.15, 0.2) is 11.6 Å². The van der Waals surface area contributed by atoms with Crippen LogP contribution in [0.25, 0.3) is 0 Å². The minimum absolute atomic E-state index is 0.103. The van der Waals surface area contributed by atoms with Gasteiger partial charge in [-0.1, -0.05) is 41.9 Å². The number of nitrogens with zero attached hydrogens (tertiary/aromatic N) is 6. The third-order valence-electron chi connectivity index (χ3n) is 6.19. The summed E-state index contributed by atoms with van der Waals surface area (Å²) in [5, 5.41) is 13.3. The second kappa shape index (κ2) is 10.3. The van der Waals surface area contributed by atoms with E-state index in [9.17, 15) is 4.79 Å². The summed E-state index contributed by atoms with van der Waals surface area (Å²) in [7, 11) is 1.64. The van der Waals surface area contributed by atoms with E-state index in [1.807, 2.05) is 48.5 Å². The van der Waals surface area contributed by atoms with Gasteiger partial charge in [-0.3, -0.25) is 9.69 Å². The monoisotopic (exact) mass is 492 g/mol. The highest BCUT2D eigenvalue weighted by Gasteiger charge is 2.33. The first kappa shape index (κ1) is 23.1. The Morgan fingerprint density at radius 3 is 2.51 bits per heavy atom. The molecule has 3 heterocycles. The first-order valence-corrected chi connectivity index (χ1v) is 11.7. The minimum atomic E-state index is -0.266. The summed E-state index contributed by atoms with van der Waals surface area (Å²) >= 11 is 6.65. The largest absolute Gasteiger partial charge is 0.497 e. The molecule has 180 valence electrons. The number of benzene rings is 2. The Morgan fingerprint density at radius 1 is 1.06 bits per heavy atom. The molecule has 1 fully saturated rings. The molecule has 0 aliphatic carbocycles. The van der Waals surface area contributed by atoms with Crippen LogP contribution in [0, 0.1) is 0 Å². The van der Waals surface area contributed by atoms with E-state index in [4.69, 9.17) is 20.8 Å². The Morgan fingerprint density at radius 2 is 1.83 bits per heavy atom. The predicted molar refractivity (Wildman–Crippen MR) is 129 cm³/mol. The second-order valence-electron chi connectivity index (χ2n) is 8.27. The maximum atomic E-state index is 12.7. The van der Waals surface area contributed by atoms with Crippen molar-refractivity contribution in [2.75, 3.05) is 33.3 Å². The Labute approximate surface area is 207 Å². The topological polar surface area (TPSA) is 89.5 Å². The summed E-state index contributed by atoms with van der Waals surface area (Å²) in [6.45, 7) is 2.89. The van der Waals surface area contributed by atoms with Crippen molar-refractivity contribution in [2.45, 2.75) is 12.6 Å². The lowest BCUT2D eigenvalue weighted by molar-refractivity contribution is 0.0559. The average molecular weight is 493 g/mol. The van der Waals surface area contributed by atoms with Gasteiger partial charge >= 0.3 is 0 Å². The van der Waals surface area contributed by atoms with Crippen molar-refractivity contribution in [3.63, 3.8) is 0 Å². The maximum Gasteiger partial charge on any atom is 0.289 e. The average Bonchev–Trinajstić information content (AvgIpc) is 3.59. The van der Waals surface area contributed by atoms with Crippen molar-refractivity contribution in [3.8, 4) is 5.75 Å². The number of halogens is 1. The van der Waals surface area contributed by atoms with Gasteiger partial charge in [-0.05, 0) is 51.9 Å². The van der Waals surface area contributed by atoms with Gasteiger partial charge in [0.05, 0.1) is 26.0 Å². The molecule has 2 aromatic carbocycles. The van der Waals surface area contributed by atoms with Crippen molar-refractivity contribution in [3.05, 3.63) is 94.7 Å². The first-order chi connectivity index (χ1) is 17.1. The Kier molecular flexibility index (Phi) is 6.78. The zero-order valence-corrected chi connectivity index (χ0v) is 20.0. The fraction of sp³-hybridized carbons (Fsp3) is 0.280. The standard InChI is InChI=1S/C25H25ClN6O3/c1-34-19-10-8-18(9-11-19)17-32-24(27-28-29-32)23(20-5-2-3-6-21(20)26)30-12-14-31(15-13-30)25(33)22-7-4-16-35-22/h2-11,16,23H,12-15,17H2,1H3. The van der Waals surface area contributed by atoms with E-state index in [-0.39, 0.29) is 11.9 Å². The van der Waals surface area contributed by atoms with Crippen LogP contribution < -0.4 is 4.74 Å². The second-order valence-corrected chi connectivity index (χ2v) is 8.68. The Balaban J connectivity index is 1.41. The third-order valence-corrected chi connectivity index (χ3v) is 6.54. The van der Waals surface area contributed by atoms with Crippen molar-refractivity contribution in [2.24, 2.45) is 0 Å². The molecule has 0 saturated carbocycles. The van der Waals surface area contributed by atoms with Crippen LogP contribution in [-0.2, 0) is 6.54 Å². The highest BCUT2D eigenvalue weighted by atomic mass is 35.5. The number of aromatic nitrogens is 4. The molecular formula is C25H25ClN6O3. The normalized spacial score (nSPS) is 15.2. The highest BCUT2D eigenvalue weighted by molar-refractivity contribution is 6.31. The molecule has 1 amide bonds. The number of piperazine rings is 1. The minimum Gasteiger partial charge on any atom is -0.497 e. The predicted octanol–water partition coefficient (Wildman–Crippen LogP) is 3.52. The lowest BCUT2D eigenvalue weighted by Crippen LogP contribution is -2.50. The number of amides is 1. The summed E-state index contributed by atoms with van der Waals surface area (Å²) in [4.78, 5) is 16.8. The molecule has 10 heteroatoms. The molecule has 4 aromatic rings. The zero-order chi connectivity index (χ0) is 24.2. The summed E-state index contributed by atoms with van der Waals surface area (Å²) in [5.74, 6) is 1.74. The van der Waals surface area contributed by atoms with E-state index < -0.39 is 0 Å². The van der Waals surface area contributed by atoms with E-state index in [0.29, 0.717) is 49.3 Å². The van der Waals surface area contributed by atoms with Crippen molar-refractivity contribution >= 4 is 17.5 Å². The fourth-order valence-electron chi connectivity index (χ4n) is 4.36. The highest BCUT2D eigenvalue weighted by Crippen LogP contribution is 2.33. The summed E-state index contributed by atoms with van der Waals surface area (Å²) in [5.41, 5.74) is 1.97. The van der Waals surface area contributed by atoms with Crippen LogP contribution in [0.5, 0.6) is 5.75 Å². The van der Waals surface area contributed by atoms with Crippen molar-refractivity contribution < 1.29 is 13.9 Å². The number of furan rings is 1. The number of ether oxygens (including phenoxy) is 1. The van der Waals surface area contributed by atoms with Crippen LogP contribution in [0.1, 0.15) is 33.5 Å². The van der Waals surface area contributed by atoms with Gasteiger partial charge in [-0.25, -0.2) is 4.68 Å². The third kappa shape index (κ3) is 4.91. The number of tetrazole rings is 1. The van der Waals surface area contributed by atoms with Gasteiger partial charge < -0.3 is 14.1 Å². The molecule has 9 nitrogen and oxygen atoms in total. The molecular weight excluding hydrogens is 468 g/mol. The van der Waals surface area contributed by atoms with Crippen LogP contribution in [0.3, 0.4) is 0 Å². The molecule has 0 bridgehead atoms. The van der Waals surface area contributed by atoms with Crippen LogP contribution >= 0.6 is 11.6 Å². The first-order valence-electron chi connectivity index (χ1n) is 11.3. The number of rotatable bonds is 7. The Bertz CT molecular complexity index is 1270. The van der Waals surface area contributed by atoms with Gasteiger partial charge in [-0.2, -0.15) is 0 Å². The number of carbonyl (C=O) groups is 1. The molecule has 1 unspecified atom stereocenters. The van der Waals surface area contributed by atoms with Crippen LogP contribution in [0.15, 0.2) is 71.3 Å². The SMILES string of the molecule is COc1ccc(Cn2nnnc2C(c2ccccc2Cl)N2CCN(C(=O)c3ccco3)CC2)cc1. The van der Waals surface area contributed by atoms with E-state index in [2.05, 4.69) is 20.4 Å². The van der Waals surface area contributed by atoms with E-state index in [1.54, 1.807) is 28.8 Å². The van der Waals surface area contributed by atoms with Crippen LogP contribution in [0.2, 0.25) is 5.02 Å².